The second kappa shape index (κ2) is 14.9. The highest BCUT2D eigenvalue weighted by molar-refractivity contribution is 5.66. The highest BCUT2D eigenvalue weighted by Crippen LogP contribution is 1.97. The Kier molecular flexibility index (Phi) is 16.9. The number of hydrogen-bond acceptors (Lipinski definition) is 3. The van der Waals surface area contributed by atoms with Crippen molar-refractivity contribution in [1.29, 1.82) is 0 Å². The number of hydrogen-bond donors (Lipinski definition) is 2. The molecule has 0 aliphatic carbocycles. The van der Waals surface area contributed by atoms with Gasteiger partial charge >= 0.3 is 5.97 Å². The van der Waals surface area contributed by atoms with Crippen LogP contribution in [0.4, 0.5) is 0 Å². The standard InChI is InChI=1S/C6H12O2.C4H10O2/c1-2-3-4-5-6(7)8;1-2-6-4-3-5/h2-5H2,1H3,(H,7,8);5H,2-4H2,1H3. The zero-order valence-electron chi connectivity index (χ0n) is 9.16. The van der Waals surface area contributed by atoms with Crippen LogP contribution in [0.25, 0.3) is 0 Å². The minimum absolute atomic E-state index is 0.133. The van der Waals surface area contributed by atoms with Gasteiger partial charge in [-0.15, -0.1) is 0 Å². The van der Waals surface area contributed by atoms with Crippen molar-refractivity contribution >= 4 is 5.97 Å². The number of aliphatic carboxylic acids is 1. The van der Waals surface area contributed by atoms with Crippen LogP contribution in [0.5, 0.6) is 0 Å². The molecule has 14 heavy (non-hydrogen) atoms. The van der Waals surface area contributed by atoms with Crippen molar-refractivity contribution in [2.24, 2.45) is 0 Å². The Labute approximate surface area is 85.9 Å². The first-order valence-corrected chi connectivity index (χ1v) is 5.09. The van der Waals surface area contributed by atoms with Crippen molar-refractivity contribution in [3.8, 4) is 0 Å². The highest BCUT2D eigenvalue weighted by Gasteiger charge is 1.92. The van der Waals surface area contributed by atoms with Crippen LogP contribution < -0.4 is 0 Å². The first-order chi connectivity index (χ1) is 6.68. The van der Waals surface area contributed by atoms with E-state index in [1.165, 1.54) is 0 Å². The molecule has 0 aromatic carbocycles. The maximum absolute atomic E-state index is 9.87. The predicted octanol–water partition coefficient (Wildman–Crippen LogP) is 1.67. The lowest BCUT2D eigenvalue weighted by molar-refractivity contribution is -0.137. The first kappa shape index (κ1) is 15.8. The van der Waals surface area contributed by atoms with Gasteiger partial charge in [-0.3, -0.25) is 4.79 Å². The van der Waals surface area contributed by atoms with Gasteiger partial charge in [0.1, 0.15) is 0 Å². The van der Waals surface area contributed by atoms with Crippen LogP contribution in [0.1, 0.15) is 39.5 Å². The molecule has 0 heterocycles. The summed E-state index contributed by atoms with van der Waals surface area (Å²) in [6.07, 6.45) is 3.28. The van der Waals surface area contributed by atoms with E-state index in [0.717, 1.165) is 19.3 Å². The zero-order chi connectivity index (χ0) is 11.2. The fraction of sp³-hybridized carbons (Fsp3) is 0.900. The Hall–Kier alpha value is -0.610. The van der Waals surface area contributed by atoms with Crippen molar-refractivity contribution in [2.75, 3.05) is 19.8 Å². The van der Waals surface area contributed by atoms with Crippen LogP contribution in [-0.4, -0.2) is 36.0 Å². The summed E-state index contributed by atoms with van der Waals surface area (Å²) in [5.41, 5.74) is 0. The average molecular weight is 206 g/mol. The summed E-state index contributed by atoms with van der Waals surface area (Å²) in [6, 6.07) is 0. The summed E-state index contributed by atoms with van der Waals surface area (Å²) < 4.78 is 4.73. The normalized spacial score (nSPS) is 9.07. The van der Waals surface area contributed by atoms with Crippen molar-refractivity contribution in [3.63, 3.8) is 0 Å². The molecule has 0 spiro atoms. The van der Waals surface area contributed by atoms with E-state index in [4.69, 9.17) is 14.9 Å². The Bertz CT molecular complexity index is 111. The van der Waals surface area contributed by atoms with Crippen LogP contribution in [0, 0.1) is 0 Å². The van der Waals surface area contributed by atoms with Gasteiger partial charge in [0.25, 0.3) is 0 Å². The van der Waals surface area contributed by atoms with E-state index >= 15 is 0 Å². The molecular weight excluding hydrogens is 184 g/mol. The summed E-state index contributed by atoms with van der Waals surface area (Å²) >= 11 is 0. The van der Waals surface area contributed by atoms with E-state index in [0.29, 0.717) is 19.6 Å². The molecule has 0 fully saturated rings. The van der Waals surface area contributed by atoms with Crippen LogP contribution in [0.3, 0.4) is 0 Å². The SMILES string of the molecule is CCCCCC(=O)O.CCOCCO. The second-order valence-corrected chi connectivity index (χ2v) is 2.77. The fourth-order valence-electron chi connectivity index (χ4n) is 0.735. The number of rotatable bonds is 7. The molecule has 0 radical (unpaired) electrons. The van der Waals surface area contributed by atoms with Gasteiger partial charge in [-0.05, 0) is 13.3 Å². The van der Waals surface area contributed by atoms with Crippen molar-refractivity contribution < 1.29 is 19.7 Å². The maximum atomic E-state index is 9.87. The average Bonchev–Trinajstić information content (AvgIpc) is 2.16. The molecule has 4 nitrogen and oxygen atoms in total. The van der Waals surface area contributed by atoms with E-state index in [1.54, 1.807) is 0 Å². The van der Waals surface area contributed by atoms with E-state index in [2.05, 4.69) is 6.92 Å². The van der Waals surface area contributed by atoms with E-state index in [1.807, 2.05) is 6.92 Å². The Balaban J connectivity index is 0. The molecule has 0 aromatic rings. The third-order valence-corrected chi connectivity index (χ3v) is 1.43. The lowest BCUT2D eigenvalue weighted by atomic mass is 10.2. The molecule has 0 saturated heterocycles. The van der Waals surface area contributed by atoms with Crippen molar-refractivity contribution in [1.82, 2.24) is 0 Å². The van der Waals surface area contributed by atoms with Crippen LogP contribution in [0.15, 0.2) is 0 Å². The van der Waals surface area contributed by atoms with Gasteiger partial charge in [0.05, 0.1) is 13.2 Å². The molecule has 0 saturated carbocycles. The lowest BCUT2D eigenvalue weighted by Gasteiger charge is -1.91. The number of aliphatic hydroxyl groups excluding tert-OH is 1. The van der Waals surface area contributed by atoms with Crippen molar-refractivity contribution in [2.45, 2.75) is 39.5 Å². The maximum Gasteiger partial charge on any atom is 0.303 e. The van der Waals surface area contributed by atoms with Gasteiger partial charge in [-0.1, -0.05) is 19.8 Å². The number of aliphatic hydroxyl groups is 1. The minimum atomic E-state index is -0.682. The third-order valence-electron chi connectivity index (χ3n) is 1.43. The van der Waals surface area contributed by atoms with Gasteiger partial charge in [-0.25, -0.2) is 0 Å². The van der Waals surface area contributed by atoms with E-state index in [-0.39, 0.29) is 6.61 Å². The quantitative estimate of drug-likeness (QED) is 0.622. The largest absolute Gasteiger partial charge is 0.481 e. The molecule has 0 aliphatic heterocycles. The molecule has 86 valence electrons. The molecule has 0 amide bonds. The van der Waals surface area contributed by atoms with Crippen LogP contribution in [0.2, 0.25) is 0 Å². The Morgan fingerprint density at radius 3 is 2.21 bits per heavy atom. The van der Waals surface area contributed by atoms with Crippen LogP contribution in [-0.2, 0) is 9.53 Å². The summed E-state index contributed by atoms with van der Waals surface area (Å²) in [6.45, 7) is 5.25. The first-order valence-electron chi connectivity index (χ1n) is 5.09. The Morgan fingerprint density at radius 2 is 1.93 bits per heavy atom. The van der Waals surface area contributed by atoms with Gasteiger partial charge in [0, 0.05) is 13.0 Å². The number of unbranched alkanes of at least 4 members (excludes halogenated alkanes) is 2. The number of ether oxygens (including phenoxy) is 1. The topological polar surface area (TPSA) is 66.8 Å². The number of carboxylic acid groups (broad SMARTS) is 1. The summed E-state index contributed by atoms with van der Waals surface area (Å²) in [5, 5.41) is 16.2. The van der Waals surface area contributed by atoms with Gasteiger partial charge in [0.15, 0.2) is 0 Å². The third kappa shape index (κ3) is 22.5. The van der Waals surface area contributed by atoms with Gasteiger partial charge in [-0.2, -0.15) is 0 Å². The molecule has 0 atom stereocenters. The van der Waals surface area contributed by atoms with E-state index < -0.39 is 5.97 Å². The smallest absolute Gasteiger partial charge is 0.303 e. The highest BCUT2D eigenvalue weighted by atomic mass is 16.5. The summed E-state index contributed by atoms with van der Waals surface area (Å²) in [5.74, 6) is -0.682. The molecule has 0 aromatic heterocycles. The van der Waals surface area contributed by atoms with Gasteiger partial charge in [0.2, 0.25) is 0 Å². The minimum Gasteiger partial charge on any atom is -0.481 e. The fourth-order valence-corrected chi connectivity index (χ4v) is 0.735. The molecule has 0 aliphatic rings. The summed E-state index contributed by atoms with van der Waals surface area (Å²) in [4.78, 5) is 9.87. The lowest BCUT2D eigenvalue weighted by Crippen LogP contribution is -1.96. The molecule has 2 N–H and O–H groups in total. The zero-order valence-corrected chi connectivity index (χ0v) is 9.16. The monoisotopic (exact) mass is 206 g/mol. The van der Waals surface area contributed by atoms with Gasteiger partial charge < -0.3 is 14.9 Å². The second-order valence-electron chi connectivity index (χ2n) is 2.77. The molecule has 0 bridgehead atoms. The van der Waals surface area contributed by atoms with E-state index in [9.17, 15) is 4.79 Å². The Morgan fingerprint density at radius 1 is 1.29 bits per heavy atom. The van der Waals surface area contributed by atoms with Crippen molar-refractivity contribution in [3.05, 3.63) is 0 Å². The van der Waals surface area contributed by atoms with Crippen LogP contribution >= 0.6 is 0 Å². The predicted molar refractivity (Wildman–Crippen MR) is 55.4 cm³/mol. The molecule has 0 rings (SSSR count). The number of carboxylic acids is 1. The molecule has 4 heteroatoms. The number of carbonyl (C=O) groups is 1. The summed E-state index contributed by atoms with van der Waals surface area (Å²) in [7, 11) is 0. The molecular formula is C10H22O4. The molecule has 0 unspecified atom stereocenters.